The minimum atomic E-state index is 0.361. The molecule has 34 heavy (non-hydrogen) atoms. The molecule has 0 saturated heterocycles. The number of hydrogen-bond donors (Lipinski definition) is 0. The minimum absolute atomic E-state index is 0.361. The molecule has 2 atom stereocenters. The topological polar surface area (TPSA) is 17.8 Å². The van der Waals surface area contributed by atoms with E-state index in [1.165, 1.54) is 21.6 Å². The third-order valence-corrected chi connectivity index (χ3v) is 8.22. The Morgan fingerprint density at radius 2 is 1.50 bits per heavy atom. The molecule has 2 unspecified atom stereocenters. The van der Waals surface area contributed by atoms with Crippen molar-refractivity contribution in [1.29, 1.82) is 0 Å². The Balaban J connectivity index is 1.28. The first-order valence-corrected chi connectivity index (χ1v) is 12.5. The quantitative estimate of drug-likeness (QED) is 0.276. The summed E-state index contributed by atoms with van der Waals surface area (Å²) in [5.74, 6) is 1.33. The van der Waals surface area contributed by atoms with Gasteiger partial charge in [0.2, 0.25) is 0 Å². The summed E-state index contributed by atoms with van der Waals surface area (Å²) in [4.78, 5) is 6.41. The fourth-order valence-electron chi connectivity index (χ4n) is 5.19. The maximum Gasteiger partial charge on any atom is 0.145 e. The first-order chi connectivity index (χ1) is 16.9. The molecule has 0 fully saturated rings. The summed E-state index contributed by atoms with van der Waals surface area (Å²) >= 11 is 1.99. The van der Waals surface area contributed by atoms with E-state index in [1.54, 1.807) is 0 Å². The van der Waals surface area contributed by atoms with Crippen molar-refractivity contribution in [3.8, 4) is 17.1 Å². The Bertz CT molecular complexity index is 1580. The van der Waals surface area contributed by atoms with Gasteiger partial charge < -0.3 is 0 Å². The minimum Gasteiger partial charge on any atom is -0.292 e. The summed E-state index contributed by atoms with van der Waals surface area (Å²) < 4.78 is 2.26. The number of imidazole rings is 1. The van der Waals surface area contributed by atoms with Gasteiger partial charge in [0.15, 0.2) is 0 Å². The summed E-state index contributed by atoms with van der Waals surface area (Å²) in [6, 6.07) is 36.6. The van der Waals surface area contributed by atoms with E-state index in [-0.39, 0.29) is 0 Å². The van der Waals surface area contributed by atoms with Crippen LogP contribution >= 0.6 is 11.8 Å². The molecule has 0 spiro atoms. The van der Waals surface area contributed by atoms with Crippen LogP contribution in [0.4, 0.5) is 0 Å². The van der Waals surface area contributed by atoms with Gasteiger partial charge in [-0.2, -0.15) is 0 Å². The predicted octanol–water partition coefficient (Wildman–Crippen LogP) is 7.90. The largest absolute Gasteiger partial charge is 0.292 e. The molecule has 5 aromatic rings. The van der Waals surface area contributed by atoms with Crippen LogP contribution in [0.1, 0.15) is 17.0 Å². The third-order valence-electron chi connectivity index (χ3n) is 6.81. The lowest BCUT2D eigenvalue weighted by Gasteiger charge is -2.24. The normalized spacial score (nSPS) is 18.5. The Morgan fingerprint density at radius 3 is 2.38 bits per heavy atom. The monoisotopic (exact) mass is 454 g/mol. The van der Waals surface area contributed by atoms with Gasteiger partial charge in [0.25, 0.3) is 0 Å². The van der Waals surface area contributed by atoms with Crippen LogP contribution in [0.15, 0.2) is 126 Å². The zero-order valence-electron chi connectivity index (χ0n) is 18.5. The van der Waals surface area contributed by atoms with Crippen LogP contribution in [0.2, 0.25) is 0 Å². The number of thioether (sulfide) groups is 1. The highest BCUT2D eigenvalue weighted by atomic mass is 32.2. The van der Waals surface area contributed by atoms with E-state index < -0.39 is 0 Å². The third kappa shape index (κ3) is 3.08. The fraction of sp³-hybridized carbons (Fsp3) is 0.0645. The standard InChI is InChI=1S/C31H22N2S/c1-2-9-23(10-3-1)33-28-15-6-5-14-27(28)32-31(33)22-19-17-21(18-20-22)24-12-8-13-26-25-11-4-7-16-29(25)34-30(24)26/h1-20,24,30H. The molecule has 0 bridgehead atoms. The van der Waals surface area contributed by atoms with E-state index in [1.807, 2.05) is 11.8 Å². The molecule has 4 aromatic carbocycles. The van der Waals surface area contributed by atoms with Gasteiger partial charge in [-0.1, -0.05) is 91.0 Å². The second-order valence-corrected chi connectivity index (χ2v) is 9.97. The van der Waals surface area contributed by atoms with Crippen LogP contribution in [-0.4, -0.2) is 14.8 Å². The van der Waals surface area contributed by atoms with Gasteiger partial charge in [-0.3, -0.25) is 4.57 Å². The molecule has 2 aliphatic rings. The molecule has 1 aliphatic carbocycles. The molecule has 3 heteroatoms. The van der Waals surface area contributed by atoms with Gasteiger partial charge in [-0.05, 0) is 47.0 Å². The molecule has 1 aromatic heterocycles. The van der Waals surface area contributed by atoms with Crippen molar-refractivity contribution in [2.24, 2.45) is 0 Å². The van der Waals surface area contributed by atoms with Crippen molar-refractivity contribution < 1.29 is 0 Å². The van der Waals surface area contributed by atoms with Crippen molar-refractivity contribution in [3.05, 3.63) is 132 Å². The molecule has 2 heterocycles. The van der Waals surface area contributed by atoms with Gasteiger partial charge >= 0.3 is 0 Å². The molecule has 0 saturated carbocycles. The second-order valence-electron chi connectivity index (χ2n) is 8.78. The molecular formula is C31H22N2S. The van der Waals surface area contributed by atoms with Crippen LogP contribution in [0, 0.1) is 0 Å². The molecule has 7 rings (SSSR count). The van der Waals surface area contributed by atoms with Crippen LogP contribution < -0.4 is 0 Å². The lowest BCUT2D eigenvalue weighted by atomic mass is 9.85. The van der Waals surface area contributed by atoms with E-state index in [0.29, 0.717) is 11.2 Å². The molecule has 0 radical (unpaired) electrons. The number of aromatic nitrogens is 2. The predicted molar refractivity (Wildman–Crippen MR) is 142 cm³/mol. The fourth-order valence-corrected chi connectivity index (χ4v) is 6.66. The van der Waals surface area contributed by atoms with E-state index in [4.69, 9.17) is 4.98 Å². The van der Waals surface area contributed by atoms with Gasteiger partial charge in [0, 0.05) is 27.3 Å². The van der Waals surface area contributed by atoms with Crippen LogP contribution in [-0.2, 0) is 0 Å². The van der Waals surface area contributed by atoms with Crippen molar-refractivity contribution >= 4 is 28.4 Å². The van der Waals surface area contributed by atoms with Crippen LogP contribution in [0.25, 0.3) is 33.7 Å². The van der Waals surface area contributed by atoms with Crippen molar-refractivity contribution in [1.82, 2.24) is 9.55 Å². The van der Waals surface area contributed by atoms with Crippen molar-refractivity contribution in [2.45, 2.75) is 16.1 Å². The molecule has 2 nitrogen and oxygen atoms in total. The maximum atomic E-state index is 5.02. The highest BCUT2D eigenvalue weighted by molar-refractivity contribution is 8.01. The lowest BCUT2D eigenvalue weighted by Crippen LogP contribution is -2.14. The number of benzene rings is 4. The molecular weight excluding hydrogens is 432 g/mol. The molecule has 162 valence electrons. The van der Waals surface area contributed by atoms with Gasteiger partial charge in [-0.25, -0.2) is 4.98 Å². The zero-order chi connectivity index (χ0) is 22.5. The van der Waals surface area contributed by atoms with Crippen molar-refractivity contribution in [3.63, 3.8) is 0 Å². The summed E-state index contributed by atoms with van der Waals surface area (Å²) in [5.41, 5.74) is 8.57. The molecule has 0 amide bonds. The number of allylic oxidation sites excluding steroid dienone is 3. The number of rotatable bonds is 3. The van der Waals surface area contributed by atoms with Crippen molar-refractivity contribution in [2.75, 3.05) is 0 Å². The Labute approximate surface area is 203 Å². The number of fused-ring (bicyclic) bond motifs is 4. The Hall–Kier alpha value is -3.82. The van der Waals surface area contributed by atoms with E-state index >= 15 is 0 Å². The highest BCUT2D eigenvalue weighted by Gasteiger charge is 2.34. The second kappa shape index (κ2) is 7.89. The first kappa shape index (κ1) is 19.6. The number of hydrogen-bond acceptors (Lipinski definition) is 2. The van der Waals surface area contributed by atoms with E-state index in [0.717, 1.165) is 28.1 Å². The Morgan fingerprint density at radius 1 is 0.735 bits per heavy atom. The average molecular weight is 455 g/mol. The first-order valence-electron chi connectivity index (χ1n) is 11.6. The molecule has 1 aliphatic heterocycles. The zero-order valence-corrected chi connectivity index (χ0v) is 19.3. The van der Waals surface area contributed by atoms with E-state index in [2.05, 4.69) is 126 Å². The molecule has 0 N–H and O–H groups in total. The van der Waals surface area contributed by atoms with Gasteiger partial charge in [-0.15, -0.1) is 11.8 Å². The SMILES string of the molecule is C1=CC(c2ccc(-c3nc4ccccc4n3-c3ccccc3)cc2)C2Sc3ccccc3C2=C1. The van der Waals surface area contributed by atoms with Crippen LogP contribution in [0.3, 0.4) is 0 Å². The van der Waals surface area contributed by atoms with Gasteiger partial charge in [0.1, 0.15) is 5.82 Å². The van der Waals surface area contributed by atoms with E-state index in [9.17, 15) is 0 Å². The number of para-hydroxylation sites is 3. The summed E-state index contributed by atoms with van der Waals surface area (Å²) in [6.45, 7) is 0. The smallest absolute Gasteiger partial charge is 0.145 e. The van der Waals surface area contributed by atoms with Crippen LogP contribution in [0.5, 0.6) is 0 Å². The highest BCUT2D eigenvalue weighted by Crippen LogP contribution is 2.52. The summed E-state index contributed by atoms with van der Waals surface area (Å²) in [7, 11) is 0. The van der Waals surface area contributed by atoms with Gasteiger partial charge in [0.05, 0.1) is 11.0 Å². The lowest BCUT2D eigenvalue weighted by molar-refractivity contribution is 0.891. The summed E-state index contributed by atoms with van der Waals surface area (Å²) in [5, 5.41) is 0.433. The Kier molecular flexibility index (Phi) is 4.56. The number of nitrogens with zero attached hydrogens (tertiary/aromatic N) is 2. The average Bonchev–Trinajstić information content (AvgIpc) is 3.48. The summed E-state index contributed by atoms with van der Waals surface area (Å²) in [6.07, 6.45) is 6.86. The maximum absolute atomic E-state index is 5.02.